The molecular formula is C7H13ClO2. The molecule has 0 bridgehead atoms. The first-order chi connectivity index (χ1) is 4.59. The maximum Gasteiger partial charge on any atom is 0.135 e. The third kappa shape index (κ3) is 3.18. The molecule has 0 heterocycles. The molecule has 2 nitrogen and oxygen atoms in total. The molecule has 0 saturated heterocycles. The first kappa shape index (κ1) is 9.92. The highest BCUT2D eigenvalue weighted by molar-refractivity contribution is 6.17. The van der Waals surface area contributed by atoms with E-state index in [1.54, 1.807) is 6.92 Å². The van der Waals surface area contributed by atoms with Crippen molar-refractivity contribution in [1.29, 1.82) is 0 Å². The van der Waals surface area contributed by atoms with Crippen LogP contribution in [0, 0.1) is 5.92 Å². The number of aliphatic hydroxyl groups excluding tert-OH is 1. The van der Waals surface area contributed by atoms with E-state index < -0.39 is 6.10 Å². The summed E-state index contributed by atoms with van der Waals surface area (Å²) in [5.41, 5.74) is 0. The first-order valence-electron chi connectivity index (χ1n) is 3.34. The molecule has 0 amide bonds. The summed E-state index contributed by atoms with van der Waals surface area (Å²) in [7, 11) is 0. The average Bonchev–Trinajstić information content (AvgIpc) is 1.87. The normalized spacial score (nSPS) is 16.4. The Morgan fingerprint density at radius 1 is 1.70 bits per heavy atom. The maximum atomic E-state index is 10.7. The molecule has 0 aliphatic rings. The Balaban J connectivity index is 3.69. The van der Waals surface area contributed by atoms with Gasteiger partial charge in [0.25, 0.3) is 0 Å². The summed E-state index contributed by atoms with van der Waals surface area (Å²) in [6.07, 6.45) is -0.0857. The van der Waals surface area contributed by atoms with Gasteiger partial charge < -0.3 is 5.11 Å². The van der Waals surface area contributed by atoms with E-state index in [9.17, 15) is 9.90 Å². The molecule has 0 radical (unpaired) electrons. The average molecular weight is 165 g/mol. The highest BCUT2D eigenvalue weighted by atomic mass is 35.5. The Kier molecular flexibility index (Phi) is 4.65. The molecule has 0 spiro atoms. The quantitative estimate of drug-likeness (QED) is 0.634. The molecule has 0 unspecified atom stereocenters. The van der Waals surface area contributed by atoms with E-state index >= 15 is 0 Å². The lowest BCUT2D eigenvalue weighted by Gasteiger charge is -2.13. The highest BCUT2D eigenvalue weighted by Crippen LogP contribution is 2.08. The van der Waals surface area contributed by atoms with Gasteiger partial charge in [-0.15, -0.1) is 11.6 Å². The van der Waals surface area contributed by atoms with Crippen LogP contribution in [0.1, 0.15) is 20.3 Å². The predicted octanol–water partition coefficient (Wildman–Crippen LogP) is 1.20. The van der Waals surface area contributed by atoms with Crippen molar-refractivity contribution in [1.82, 2.24) is 0 Å². The number of hydrogen-bond donors (Lipinski definition) is 1. The fourth-order valence-corrected chi connectivity index (χ4v) is 0.856. The molecule has 0 aliphatic heterocycles. The zero-order valence-corrected chi connectivity index (χ0v) is 7.06. The summed E-state index contributed by atoms with van der Waals surface area (Å²) in [6, 6.07) is 0. The van der Waals surface area contributed by atoms with E-state index in [1.807, 2.05) is 0 Å². The third-order valence-electron chi connectivity index (χ3n) is 1.62. The van der Waals surface area contributed by atoms with Crippen LogP contribution in [0.2, 0.25) is 0 Å². The van der Waals surface area contributed by atoms with Crippen LogP contribution in [0.5, 0.6) is 0 Å². The number of alkyl halides is 1. The standard InChI is InChI=1S/C7H13ClO2/c1-5(6(2)9)7(10)3-4-8/h5,7,10H,3-4H2,1-2H3/t5-,7-/m1/s1. The summed E-state index contributed by atoms with van der Waals surface area (Å²) < 4.78 is 0. The fraction of sp³-hybridized carbons (Fsp3) is 0.857. The van der Waals surface area contributed by atoms with Gasteiger partial charge in [0.2, 0.25) is 0 Å². The summed E-state index contributed by atoms with van der Waals surface area (Å²) >= 11 is 5.37. The highest BCUT2D eigenvalue weighted by Gasteiger charge is 2.16. The van der Waals surface area contributed by atoms with E-state index in [-0.39, 0.29) is 11.7 Å². The van der Waals surface area contributed by atoms with Gasteiger partial charge in [0.1, 0.15) is 5.78 Å². The van der Waals surface area contributed by atoms with Crippen LogP contribution < -0.4 is 0 Å². The van der Waals surface area contributed by atoms with Crippen LogP contribution in [0.4, 0.5) is 0 Å². The van der Waals surface area contributed by atoms with Gasteiger partial charge in [0.15, 0.2) is 0 Å². The van der Waals surface area contributed by atoms with E-state index in [0.717, 1.165) is 0 Å². The molecular weight excluding hydrogens is 152 g/mol. The molecule has 10 heavy (non-hydrogen) atoms. The summed E-state index contributed by atoms with van der Waals surface area (Å²) in [5, 5.41) is 9.18. The molecule has 0 aromatic heterocycles. The van der Waals surface area contributed by atoms with Crippen LogP contribution >= 0.6 is 11.6 Å². The number of Topliss-reactive ketones (excluding diaryl/α,β-unsaturated/α-hetero) is 1. The van der Waals surface area contributed by atoms with Crippen molar-refractivity contribution in [3.05, 3.63) is 0 Å². The molecule has 0 fully saturated rings. The predicted molar refractivity (Wildman–Crippen MR) is 41.2 cm³/mol. The maximum absolute atomic E-state index is 10.7. The molecule has 1 N–H and O–H groups in total. The minimum atomic E-state index is -0.574. The lowest BCUT2D eigenvalue weighted by atomic mass is 9.99. The Morgan fingerprint density at radius 3 is 2.50 bits per heavy atom. The molecule has 60 valence electrons. The fourth-order valence-electron chi connectivity index (χ4n) is 0.633. The zero-order valence-electron chi connectivity index (χ0n) is 6.30. The number of aliphatic hydroxyl groups is 1. The van der Waals surface area contributed by atoms with Crippen molar-refractivity contribution in [3.8, 4) is 0 Å². The van der Waals surface area contributed by atoms with Gasteiger partial charge in [-0.2, -0.15) is 0 Å². The SMILES string of the molecule is CC(=O)[C@@H](C)[C@H](O)CCCl. The van der Waals surface area contributed by atoms with Crippen molar-refractivity contribution >= 4 is 17.4 Å². The second-order valence-corrected chi connectivity index (χ2v) is 2.82. The second-order valence-electron chi connectivity index (χ2n) is 2.44. The van der Waals surface area contributed by atoms with Gasteiger partial charge in [0, 0.05) is 11.8 Å². The third-order valence-corrected chi connectivity index (χ3v) is 1.84. The van der Waals surface area contributed by atoms with E-state index in [0.29, 0.717) is 12.3 Å². The van der Waals surface area contributed by atoms with E-state index in [4.69, 9.17) is 11.6 Å². The molecule has 0 aliphatic carbocycles. The number of carbonyl (C=O) groups is 1. The smallest absolute Gasteiger partial charge is 0.135 e. The Labute approximate surface area is 66.2 Å². The lowest BCUT2D eigenvalue weighted by molar-refractivity contribution is -0.123. The monoisotopic (exact) mass is 164 g/mol. The number of carbonyl (C=O) groups excluding carboxylic acids is 1. The van der Waals surface area contributed by atoms with Crippen molar-refractivity contribution in [3.63, 3.8) is 0 Å². The van der Waals surface area contributed by atoms with Crippen LogP contribution in [-0.2, 0) is 4.79 Å². The summed E-state index contributed by atoms with van der Waals surface area (Å²) in [6.45, 7) is 3.18. The number of hydrogen-bond acceptors (Lipinski definition) is 2. The van der Waals surface area contributed by atoms with Gasteiger partial charge in [-0.25, -0.2) is 0 Å². The second kappa shape index (κ2) is 4.69. The zero-order chi connectivity index (χ0) is 8.15. The number of rotatable bonds is 4. The van der Waals surface area contributed by atoms with Crippen LogP contribution in [-0.4, -0.2) is 22.9 Å². The molecule has 2 atom stereocenters. The van der Waals surface area contributed by atoms with Gasteiger partial charge in [-0.3, -0.25) is 4.79 Å². The van der Waals surface area contributed by atoms with Crippen molar-refractivity contribution in [2.75, 3.05) is 5.88 Å². The number of halogens is 1. The first-order valence-corrected chi connectivity index (χ1v) is 3.87. The van der Waals surface area contributed by atoms with Crippen molar-refractivity contribution < 1.29 is 9.90 Å². The van der Waals surface area contributed by atoms with Gasteiger partial charge in [0.05, 0.1) is 6.10 Å². The minimum absolute atomic E-state index is 0.0117. The molecule has 0 saturated carbocycles. The Hall–Kier alpha value is -0.0800. The summed E-state index contributed by atoms with van der Waals surface area (Å²) in [5.74, 6) is 0.134. The van der Waals surface area contributed by atoms with Gasteiger partial charge >= 0.3 is 0 Å². The lowest BCUT2D eigenvalue weighted by Crippen LogP contribution is -2.23. The Morgan fingerprint density at radius 2 is 2.20 bits per heavy atom. The molecule has 3 heteroatoms. The van der Waals surface area contributed by atoms with E-state index in [1.165, 1.54) is 6.92 Å². The van der Waals surface area contributed by atoms with Crippen LogP contribution in [0.15, 0.2) is 0 Å². The Bertz CT molecular complexity index is 114. The van der Waals surface area contributed by atoms with Gasteiger partial charge in [-0.1, -0.05) is 6.92 Å². The molecule has 0 aromatic rings. The van der Waals surface area contributed by atoms with Crippen molar-refractivity contribution in [2.24, 2.45) is 5.92 Å². The van der Waals surface area contributed by atoms with Gasteiger partial charge in [-0.05, 0) is 13.3 Å². The minimum Gasteiger partial charge on any atom is -0.392 e. The largest absolute Gasteiger partial charge is 0.392 e. The van der Waals surface area contributed by atoms with Crippen molar-refractivity contribution in [2.45, 2.75) is 26.4 Å². The van der Waals surface area contributed by atoms with Crippen LogP contribution in [0.25, 0.3) is 0 Å². The topological polar surface area (TPSA) is 37.3 Å². The summed E-state index contributed by atoms with van der Waals surface area (Å²) in [4.78, 5) is 10.7. The number of ketones is 1. The van der Waals surface area contributed by atoms with E-state index in [2.05, 4.69) is 0 Å². The molecule has 0 aromatic carbocycles. The van der Waals surface area contributed by atoms with Crippen LogP contribution in [0.3, 0.4) is 0 Å². The molecule has 0 rings (SSSR count).